The molecule has 2 bridgehead atoms. The highest BCUT2D eigenvalue weighted by Gasteiger charge is 2.43. The number of aliphatic hydroxyl groups is 1. The number of fused-ring (bicyclic) bond motifs is 2. The molecule has 3 aliphatic rings. The Hall–Kier alpha value is -0.830. The molecule has 0 spiro atoms. The molecule has 1 aliphatic heterocycles. The number of allylic oxidation sites excluding steroid dienone is 2. The second-order valence-corrected chi connectivity index (χ2v) is 4.78. The van der Waals surface area contributed by atoms with E-state index in [1.54, 1.807) is 4.90 Å². The van der Waals surface area contributed by atoms with Crippen LogP contribution in [0.3, 0.4) is 0 Å². The fourth-order valence-electron chi connectivity index (χ4n) is 2.93. The standard InChI is InChI=1S/C11H15NO2/c13-9-5-12(6-9)11(14)10-4-7-1-2-8(10)3-7/h1-2,7-10,13H,3-6H2. The van der Waals surface area contributed by atoms with Crippen LogP contribution >= 0.6 is 0 Å². The maximum Gasteiger partial charge on any atom is 0.226 e. The summed E-state index contributed by atoms with van der Waals surface area (Å²) in [5, 5.41) is 9.13. The quantitative estimate of drug-likeness (QED) is 0.612. The summed E-state index contributed by atoms with van der Waals surface area (Å²) in [6, 6.07) is 0. The van der Waals surface area contributed by atoms with E-state index in [4.69, 9.17) is 5.11 Å². The number of carbonyl (C=O) groups is 1. The summed E-state index contributed by atoms with van der Waals surface area (Å²) in [4.78, 5) is 13.7. The zero-order valence-corrected chi connectivity index (χ0v) is 8.10. The van der Waals surface area contributed by atoms with Crippen LogP contribution in [0.15, 0.2) is 12.2 Å². The van der Waals surface area contributed by atoms with Crippen molar-refractivity contribution in [2.75, 3.05) is 13.1 Å². The molecule has 1 amide bonds. The number of rotatable bonds is 1. The van der Waals surface area contributed by atoms with Crippen molar-refractivity contribution in [2.24, 2.45) is 17.8 Å². The van der Waals surface area contributed by atoms with E-state index in [-0.39, 0.29) is 17.9 Å². The first-order valence-electron chi connectivity index (χ1n) is 5.39. The van der Waals surface area contributed by atoms with Crippen molar-refractivity contribution in [1.29, 1.82) is 0 Å². The Morgan fingerprint density at radius 2 is 2.07 bits per heavy atom. The molecular formula is C11H15NO2. The molecule has 3 heteroatoms. The molecule has 3 nitrogen and oxygen atoms in total. The SMILES string of the molecule is O=C(C1CC2C=CC1C2)N1CC(O)C1. The molecule has 0 aromatic rings. The van der Waals surface area contributed by atoms with E-state index in [9.17, 15) is 4.79 Å². The Labute approximate surface area is 83.4 Å². The second-order valence-electron chi connectivity index (χ2n) is 4.78. The molecule has 0 aromatic heterocycles. The van der Waals surface area contributed by atoms with Crippen LogP contribution in [0.4, 0.5) is 0 Å². The molecule has 1 N–H and O–H groups in total. The van der Waals surface area contributed by atoms with E-state index in [1.807, 2.05) is 0 Å². The van der Waals surface area contributed by atoms with Gasteiger partial charge in [0.2, 0.25) is 5.91 Å². The van der Waals surface area contributed by atoms with Crippen LogP contribution in [0, 0.1) is 17.8 Å². The van der Waals surface area contributed by atoms with Gasteiger partial charge in [-0.05, 0) is 24.7 Å². The summed E-state index contributed by atoms with van der Waals surface area (Å²) >= 11 is 0. The average molecular weight is 193 g/mol. The molecule has 76 valence electrons. The Kier molecular flexibility index (Phi) is 1.71. The lowest BCUT2D eigenvalue weighted by molar-refractivity contribution is -0.146. The molecule has 0 radical (unpaired) electrons. The van der Waals surface area contributed by atoms with Crippen LogP contribution in [0.2, 0.25) is 0 Å². The number of carbonyl (C=O) groups excluding carboxylic acids is 1. The van der Waals surface area contributed by atoms with Gasteiger partial charge >= 0.3 is 0 Å². The third kappa shape index (κ3) is 1.12. The average Bonchev–Trinajstić information content (AvgIpc) is 2.72. The minimum absolute atomic E-state index is 0.220. The highest BCUT2D eigenvalue weighted by Crippen LogP contribution is 2.44. The first-order chi connectivity index (χ1) is 6.74. The summed E-state index contributed by atoms with van der Waals surface area (Å²) in [5.74, 6) is 1.63. The minimum Gasteiger partial charge on any atom is -0.389 e. The number of nitrogens with zero attached hydrogens (tertiary/aromatic N) is 1. The van der Waals surface area contributed by atoms with E-state index in [0.29, 0.717) is 24.9 Å². The van der Waals surface area contributed by atoms with E-state index >= 15 is 0 Å². The number of hydrogen-bond acceptors (Lipinski definition) is 2. The first kappa shape index (κ1) is 8.48. The van der Waals surface area contributed by atoms with Crippen molar-refractivity contribution >= 4 is 5.91 Å². The van der Waals surface area contributed by atoms with Crippen LogP contribution in [0.25, 0.3) is 0 Å². The molecule has 1 saturated carbocycles. The van der Waals surface area contributed by atoms with Gasteiger partial charge < -0.3 is 10.0 Å². The van der Waals surface area contributed by atoms with E-state index in [2.05, 4.69) is 12.2 Å². The fraction of sp³-hybridized carbons (Fsp3) is 0.727. The molecule has 3 unspecified atom stereocenters. The highest BCUT2D eigenvalue weighted by molar-refractivity contribution is 5.81. The van der Waals surface area contributed by atoms with Gasteiger partial charge in [-0.1, -0.05) is 12.2 Å². The lowest BCUT2D eigenvalue weighted by Crippen LogP contribution is -2.55. The Bertz CT molecular complexity index is 294. The van der Waals surface area contributed by atoms with Crippen LogP contribution in [0.5, 0.6) is 0 Å². The number of likely N-dealkylation sites (tertiary alicyclic amines) is 1. The first-order valence-corrected chi connectivity index (χ1v) is 5.39. The van der Waals surface area contributed by atoms with Crippen LogP contribution < -0.4 is 0 Å². The summed E-state index contributed by atoms with van der Waals surface area (Å²) in [6.07, 6.45) is 6.39. The number of aliphatic hydroxyl groups excluding tert-OH is 1. The Morgan fingerprint density at radius 3 is 2.57 bits per heavy atom. The Morgan fingerprint density at radius 1 is 1.29 bits per heavy atom. The maximum absolute atomic E-state index is 11.9. The smallest absolute Gasteiger partial charge is 0.226 e. The van der Waals surface area contributed by atoms with E-state index in [0.717, 1.165) is 6.42 Å². The molecule has 3 atom stereocenters. The van der Waals surface area contributed by atoms with Crippen LogP contribution in [-0.4, -0.2) is 35.1 Å². The zero-order valence-electron chi connectivity index (χ0n) is 8.10. The fourth-order valence-corrected chi connectivity index (χ4v) is 2.93. The van der Waals surface area contributed by atoms with E-state index in [1.165, 1.54) is 6.42 Å². The van der Waals surface area contributed by atoms with Gasteiger partial charge in [0.1, 0.15) is 0 Å². The highest BCUT2D eigenvalue weighted by atomic mass is 16.3. The second kappa shape index (κ2) is 2.83. The lowest BCUT2D eigenvalue weighted by Gasteiger charge is -2.38. The third-order valence-corrected chi connectivity index (χ3v) is 3.77. The van der Waals surface area contributed by atoms with Crippen molar-refractivity contribution in [1.82, 2.24) is 4.90 Å². The van der Waals surface area contributed by atoms with Crippen LogP contribution in [-0.2, 0) is 4.79 Å². The predicted octanol–water partition coefficient (Wildman–Crippen LogP) is 0.402. The lowest BCUT2D eigenvalue weighted by atomic mass is 9.91. The van der Waals surface area contributed by atoms with Gasteiger partial charge in [-0.2, -0.15) is 0 Å². The summed E-state index contributed by atoms with van der Waals surface area (Å²) < 4.78 is 0. The van der Waals surface area contributed by atoms with Crippen molar-refractivity contribution in [2.45, 2.75) is 18.9 Å². The van der Waals surface area contributed by atoms with Gasteiger partial charge in [-0.3, -0.25) is 4.79 Å². The number of hydrogen-bond donors (Lipinski definition) is 1. The summed E-state index contributed by atoms with van der Waals surface area (Å²) in [5.41, 5.74) is 0. The van der Waals surface area contributed by atoms with Crippen molar-refractivity contribution in [3.05, 3.63) is 12.2 Å². The summed E-state index contributed by atoms with van der Waals surface area (Å²) in [7, 11) is 0. The monoisotopic (exact) mass is 193 g/mol. The molecule has 0 aromatic carbocycles. The topological polar surface area (TPSA) is 40.5 Å². The maximum atomic E-state index is 11.9. The number of amides is 1. The number of β-amino-alcohol motifs (C(OH)–C–C–N with tert-alkyl or cyclic N) is 1. The van der Waals surface area contributed by atoms with Crippen molar-refractivity contribution < 1.29 is 9.90 Å². The van der Waals surface area contributed by atoms with Gasteiger partial charge in [-0.15, -0.1) is 0 Å². The van der Waals surface area contributed by atoms with Crippen molar-refractivity contribution in [3.8, 4) is 0 Å². The largest absolute Gasteiger partial charge is 0.389 e. The van der Waals surface area contributed by atoms with E-state index < -0.39 is 0 Å². The van der Waals surface area contributed by atoms with Gasteiger partial charge in [-0.25, -0.2) is 0 Å². The van der Waals surface area contributed by atoms with Gasteiger partial charge in [0.15, 0.2) is 0 Å². The molecule has 14 heavy (non-hydrogen) atoms. The third-order valence-electron chi connectivity index (χ3n) is 3.77. The Balaban J connectivity index is 1.66. The van der Waals surface area contributed by atoms with Gasteiger partial charge in [0.05, 0.1) is 6.10 Å². The predicted molar refractivity (Wildman–Crippen MR) is 51.4 cm³/mol. The molecule has 2 aliphatic carbocycles. The molecule has 2 fully saturated rings. The molecule has 3 rings (SSSR count). The normalized spacial score (nSPS) is 40.4. The zero-order chi connectivity index (χ0) is 9.71. The molecule has 1 heterocycles. The minimum atomic E-state index is -0.270. The molecule has 1 saturated heterocycles. The van der Waals surface area contributed by atoms with Crippen molar-refractivity contribution in [3.63, 3.8) is 0 Å². The summed E-state index contributed by atoms with van der Waals surface area (Å²) in [6.45, 7) is 1.10. The van der Waals surface area contributed by atoms with Gasteiger partial charge in [0, 0.05) is 19.0 Å². The van der Waals surface area contributed by atoms with Gasteiger partial charge in [0.25, 0.3) is 0 Å². The molecular weight excluding hydrogens is 178 g/mol. The van der Waals surface area contributed by atoms with Crippen LogP contribution in [0.1, 0.15) is 12.8 Å².